The summed E-state index contributed by atoms with van der Waals surface area (Å²) in [6, 6.07) is 5.84. The highest BCUT2D eigenvalue weighted by atomic mass is 32.2. The van der Waals surface area contributed by atoms with Crippen molar-refractivity contribution in [2.24, 2.45) is 5.73 Å². The van der Waals surface area contributed by atoms with Crippen LogP contribution in [0.2, 0.25) is 0 Å². The topological polar surface area (TPSA) is 61.5 Å². The molecular weight excluding hydrogens is 274 g/mol. The Morgan fingerprint density at radius 2 is 2.20 bits per heavy atom. The Labute approximate surface area is 123 Å². The van der Waals surface area contributed by atoms with Crippen molar-refractivity contribution in [3.63, 3.8) is 0 Å². The zero-order valence-corrected chi connectivity index (χ0v) is 12.9. The summed E-state index contributed by atoms with van der Waals surface area (Å²) in [7, 11) is 2.41. The van der Waals surface area contributed by atoms with Gasteiger partial charge in [0.15, 0.2) is 0 Å². The maximum atomic E-state index is 12.4. The summed E-state index contributed by atoms with van der Waals surface area (Å²) in [5, 5.41) is 0.0338. The molecule has 1 aliphatic rings. The lowest BCUT2D eigenvalue weighted by atomic mass is 9.87. The maximum absolute atomic E-state index is 12.4. The minimum absolute atomic E-state index is 0.0338. The third-order valence-corrected chi connectivity index (χ3v) is 5.74. The van der Waals surface area contributed by atoms with E-state index in [9.17, 15) is 4.21 Å². The third-order valence-electron chi connectivity index (χ3n) is 3.84. The van der Waals surface area contributed by atoms with E-state index < -0.39 is 10.8 Å². The van der Waals surface area contributed by atoms with Crippen LogP contribution in [-0.4, -0.2) is 36.0 Å². The molecule has 0 saturated heterocycles. The van der Waals surface area contributed by atoms with E-state index in [-0.39, 0.29) is 11.3 Å². The molecule has 0 spiro atoms. The SMILES string of the molecule is COCCCS(=O)C1CCc2ccc(OC)cc2C1N. The fourth-order valence-corrected chi connectivity index (χ4v) is 4.27. The fraction of sp³-hybridized carbons (Fsp3) is 0.600. The number of rotatable bonds is 6. The first-order chi connectivity index (χ1) is 9.67. The molecule has 0 bridgehead atoms. The van der Waals surface area contributed by atoms with Crippen LogP contribution in [0, 0.1) is 0 Å². The van der Waals surface area contributed by atoms with Gasteiger partial charge in [-0.1, -0.05) is 6.07 Å². The quantitative estimate of drug-likeness (QED) is 0.813. The van der Waals surface area contributed by atoms with Crippen molar-refractivity contribution in [2.45, 2.75) is 30.6 Å². The molecule has 0 aromatic heterocycles. The molecule has 4 nitrogen and oxygen atoms in total. The van der Waals surface area contributed by atoms with Crippen LogP contribution >= 0.6 is 0 Å². The minimum Gasteiger partial charge on any atom is -0.497 e. The average molecular weight is 297 g/mol. The molecule has 0 amide bonds. The van der Waals surface area contributed by atoms with Gasteiger partial charge >= 0.3 is 0 Å². The first-order valence-electron chi connectivity index (χ1n) is 6.96. The smallest absolute Gasteiger partial charge is 0.119 e. The Bertz CT molecular complexity index is 478. The third kappa shape index (κ3) is 3.40. The molecule has 0 fully saturated rings. The van der Waals surface area contributed by atoms with Crippen LogP contribution in [0.15, 0.2) is 18.2 Å². The van der Waals surface area contributed by atoms with Gasteiger partial charge in [0.2, 0.25) is 0 Å². The normalized spacial score (nSPS) is 23.1. The monoisotopic (exact) mass is 297 g/mol. The molecule has 3 unspecified atom stereocenters. The lowest BCUT2D eigenvalue weighted by Gasteiger charge is -2.30. The second kappa shape index (κ2) is 7.20. The Morgan fingerprint density at radius 3 is 2.90 bits per heavy atom. The largest absolute Gasteiger partial charge is 0.497 e. The van der Waals surface area contributed by atoms with E-state index in [0.717, 1.165) is 30.6 Å². The number of aryl methyl sites for hydroxylation is 1. The molecule has 2 rings (SSSR count). The molecule has 0 saturated carbocycles. The first-order valence-corrected chi connectivity index (χ1v) is 8.34. The van der Waals surface area contributed by atoms with E-state index in [0.29, 0.717) is 12.4 Å². The van der Waals surface area contributed by atoms with Crippen LogP contribution in [0.1, 0.15) is 30.0 Å². The molecule has 20 heavy (non-hydrogen) atoms. The number of ether oxygens (including phenoxy) is 2. The highest BCUT2D eigenvalue weighted by molar-refractivity contribution is 7.85. The minimum atomic E-state index is -0.900. The zero-order valence-electron chi connectivity index (χ0n) is 12.1. The fourth-order valence-electron chi connectivity index (χ4n) is 2.71. The lowest BCUT2D eigenvalue weighted by Crippen LogP contribution is -2.36. The van der Waals surface area contributed by atoms with Crippen molar-refractivity contribution in [1.29, 1.82) is 0 Å². The van der Waals surface area contributed by atoms with E-state index in [1.807, 2.05) is 12.1 Å². The Balaban J connectivity index is 2.09. The maximum Gasteiger partial charge on any atom is 0.119 e. The van der Waals surface area contributed by atoms with Crippen molar-refractivity contribution in [1.82, 2.24) is 0 Å². The summed E-state index contributed by atoms with van der Waals surface area (Å²) in [6.07, 6.45) is 2.64. The highest BCUT2D eigenvalue weighted by Crippen LogP contribution is 2.33. The molecular formula is C15H23NO3S. The van der Waals surface area contributed by atoms with Crippen LogP contribution < -0.4 is 10.5 Å². The van der Waals surface area contributed by atoms with Crippen molar-refractivity contribution < 1.29 is 13.7 Å². The first kappa shape index (κ1) is 15.5. The molecule has 0 radical (unpaired) electrons. The summed E-state index contributed by atoms with van der Waals surface area (Å²) in [4.78, 5) is 0. The van der Waals surface area contributed by atoms with Crippen molar-refractivity contribution in [3.8, 4) is 5.75 Å². The molecule has 0 heterocycles. The number of fused-ring (bicyclic) bond motifs is 1. The molecule has 112 valence electrons. The van der Waals surface area contributed by atoms with Crippen LogP contribution in [0.25, 0.3) is 0 Å². The van der Waals surface area contributed by atoms with Gasteiger partial charge in [-0.2, -0.15) is 0 Å². The zero-order chi connectivity index (χ0) is 14.5. The van der Waals surface area contributed by atoms with Gasteiger partial charge in [-0.15, -0.1) is 0 Å². The Kier molecular flexibility index (Phi) is 5.57. The summed E-state index contributed by atoms with van der Waals surface area (Å²) in [6.45, 7) is 0.651. The van der Waals surface area contributed by atoms with Crippen LogP contribution in [0.5, 0.6) is 5.75 Å². The summed E-state index contributed by atoms with van der Waals surface area (Å²) >= 11 is 0. The van der Waals surface area contributed by atoms with E-state index in [4.69, 9.17) is 15.2 Å². The molecule has 3 atom stereocenters. The van der Waals surface area contributed by atoms with Gasteiger partial charge in [0, 0.05) is 36.3 Å². The van der Waals surface area contributed by atoms with Gasteiger partial charge in [-0.25, -0.2) is 0 Å². The second-order valence-corrected chi connectivity index (χ2v) is 6.87. The average Bonchev–Trinajstić information content (AvgIpc) is 2.47. The summed E-state index contributed by atoms with van der Waals surface area (Å²) in [5.41, 5.74) is 8.68. The number of methoxy groups -OCH3 is 2. The molecule has 1 aromatic rings. The highest BCUT2D eigenvalue weighted by Gasteiger charge is 2.31. The van der Waals surface area contributed by atoms with Gasteiger partial charge < -0.3 is 15.2 Å². The second-order valence-electron chi connectivity index (χ2n) is 5.10. The van der Waals surface area contributed by atoms with Gasteiger partial charge in [0.05, 0.1) is 12.4 Å². The van der Waals surface area contributed by atoms with Crippen molar-refractivity contribution >= 4 is 10.8 Å². The molecule has 1 aromatic carbocycles. The van der Waals surface area contributed by atoms with Gasteiger partial charge in [0.1, 0.15) is 5.75 Å². The van der Waals surface area contributed by atoms with Crippen LogP contribution in [0.4, 0.5) is 0 Å². The van der Waals surface area contributed by atoms with Crippen molar-refractivity contribution in [3.05, 3.63) is 29.3 Å². The van der Waals surface area contributed by atoms with E-state index in [2.05, 4.69) is 6.07 Å². The Hall–Kier alpha value is -0.910. The number of hydrogen-bond donors (Lipinski definition) is 1. The number of benzene rings is 1. The molecule has 5 heteroatoms. The van der Waals surface area contributed by atoms with Crippen LogP contribution in [-0.2, 0) is 22.0 Å². The predicted octanol–water partition coefficient (Wildman–Crippen LogP) is 1.80. The van der Waals surface area contributed by atoms with Crippen LogP contribution in [0.3, 0.4) is 0 Å². The predicted molar refractivity (Wildman–Crippen MR) is 81.5 cm³/mol. The van der Waals surface area contributed by atoms with E-state index in [1.165, 1.54) is 5.56 Å². The molecule has 0 aliphatic heterocycles. The summed E-state index contributed by atoms with van der Waals surface area (Å²) < 4.78 is 22.7. The molecule has 2 N–H and O–H groups in total. The van der Waals surface area contributed by atoms with Gasteiger partial charge in [0.25, 0.3) is 0 Å². The van der Waals surface area contributed by atoms with Gasteiger partial charge in [-0.05, 0) is 42.5 Å². The van der Waals surface area contributed by atoms with E-state index >= 15 is 0 Å². The van der Waals surface area contributed by atoms with E-state index in [1.54, 1.807) is 14.2 Å². The standard InChI is InChI=1S/C15H23NO3S/c1-18-8-3-9-20(17)14-7-5-11-4-6-12(19-2)10-13(11)15(14)16/h4,6,10,14-15H,3,5,7-9,16H2,1-2H3. The number of nitrogens with two attached hydrogens (primary N) is 1. The molecule has 1 aliphatic carbocycles. The van der Waals surface area contributed by atoms with Crippen molar-refractivity contribution in [2.75, 3.05) is 26.6 Å². The number of hydrogen-bond acceptors (Lipinski definition) is 4. The van der Waals surface area contributed by atoms with Gasteiger partial charge in [-0.3, -0.25) is 4.21 Å². The summed E-state index contributed by atoms with van der Waals surface area (Å²) in [5.74, 6) is 1.47. The lowest BCUT2D eigenvalue weighted by molar-refractivity contribution is 0.200. The Morgan fingerprint density at radius 1 is 1.40 bits per heavy atom.